The number of nitrogens with zero attached hydrogens (tertiary/aromatic N) is 1. The predicted molar refractivity (Wildman–Crippen MR) is 85.8 cm³/mol. The Balaban J connectivity index is 2.10. The zero-order chi connectivity index (χ0) is 14.5. The molecule has 1 fully saturated rings. The first kappa shape index (κ1) is 14.9. The van der Waals surface area contributed by atoms with Crippen molar-refractivity contribution in [3.05, 3.63) is 18.2 Å². The molecule has 0 saturated carbocycles. The third-order valence-electron chi connectivity index (χ3n) is 3.71. The third kappa shape index (κ3) is 3.33. The van der Waals surface area contributed by atoms with Crippen LogP contribution in [0.5, 0.6) is 11.5 Å². The normalized spacial score (nSPS) is 18.6. The number of likely N-dealkylation sites (tertiary alicyclic amines) is 1. The summed E-state index contributed by atoms with van der Waals surface area (Å²) in [6, 6.07) is 6.17. The summed E-state index contributed by atoms with van der Waals surface area (Å²) < 4.78 is 10.6. The number of methoxy groups -OCH3 is 2. The van der Waals surface area contributed by atoms with Gasteiger partial charge < -0.3 is 19.7 Å². The van der Waals surface area contributed by atoms with E-state index in [-0.39, 0.29) is 0 Å². The Kier molecular flexibility index (Phi) is 5.06. The fourth-order valence-corrected chi connectivity index (χ4v) is 2.87. The van der Waals surface area contributed by atoms with E-state index in [1.165, 1.54) is 19.3 Å². The number of benzene rings is 1. The molecule has 0 bridgehead atoms. The second-order valence-electron chi connectivity index (χ2n) is 5.03. The van der Waals surface area contributed by atoms with E-state index in [2.05, 4.69) is 17.1 Å². The van der Waals surface area contributed by atoms with E-state index in [0.717, 1.165) is 28.8 Å². The Labute approximate surface area is 126 Å². The molecule has 1 aromatic rings. The molecular weight excluding hydrogens is 272 g/mol. The third-order valence-corrected chi connectivity index (χ3v) is 4.05. The maximum absolute atomic E-state index is 5.53. The molecule has 1 aliphatic heterocycles. The van der Waals surface area contributed by atoms with Crippen LogP contribution in [0.25, 0.3) is 0 Å². The van der Waals surface area contributed by atoms with Gasteiger partial charge in [0.25, 0.3) is 0 Å². The summed E-state index contributed by atoms with van der Waals surface area (Å²) in [6.07, 6.45) is 3.68. The Bertz CT molecular complexity index is 479. The van der Waals surface area contributed by atoms with Gasteiger partial charge in [-0.25, -0.2) is 0 Å². The summed E-state index contributed by atoms with van der Waals surface area (Å²) in [4.78, 5) is 2.25. The first-order chi connectivity index (χ1) is 9.65. The number of rotatable bonds is 3. The predicted octanol–water partition coefficient (Wildman–Crippen LogP) is 3.28. The van der Waals surface area contributed by atoms with Gasteiger partial charge in [-0.3, -0.25) is 0 Å². The van der Waals surface area contributed by atoms with Crippen LogP contribution in [-0.4, -0.2) is 36.8 Å². The molecule has 2 rings (SSSR count). The number of thiocarbonyl (C=S) groups is 1. The first-order valence-electron chi connectivity index (χ1n) is 6.95. The van der Waals surface area contributed by atoms with Gasteiger partial charge in [-0.1, -0.05) is 0 Å². The van der Waals surface area contributed by atoms with Gasteiger partial charge in [0.2, 0.25) is 0 Å². The molecular formula is C15H22N2O2S. The van der Waals surface area contributed by atoms with Gasteiger partial charge in [-0.05, 0) is 50.5 Å². The van der Waals surface area contributed by atoms with E-state index in [0.29, 0.717) is 6.04 Å². The molecule has 20 heavy (non-hydrogen) atoms. The lowest BCUT2D eigenvalue weighted by Gasteiger charge is -2.35. The van der Waals surface area contributed by atoms with Crippen molar-refractivity contribution in [2.24, 2.45) is 0 Å². The molecule has 1 unspecified atom stereocenters. The van der Waals surface area contributed by atoms with Crippen LogP contribution in [0.1, 0.15) is 26.2 Å². The SMILES string of the molecule is COc1ccc(NC(=S)N2CCCCC2C)c(OC)c1. The highest BCUT2D eigenvalue weighted by molar-refractivity contribution is 7.80. The molecule has 1 aromatic carbocycles. The summed E-state index contributed by atoms with van der Waals surface area (Å²) in [7, 11) is 3.29. The van der Waals surface area contributed by atoms with E-state index in [4.69, 9.17) is 21.7 Å². The van der Waals surface area contributed by atoms with Crippen molar-refractivity contribution in [3.63, 3.8) is 0 Å². The van der Waals surface area contributed by atoms with Crippen LogP contribution in [0, 0.1) is 0 Å². The fourth-order valence-electron chi connectivity index (χ4n) is 2.49. The maximum atomic E-state index is 5.53. The minimum atomic E-state index is 0.494. The summed E-state index contributed by atoms with van der Waals surface area (Å²) in [6.45, 7) is 3.24. The molecule has 0 radical (unpaired) electrons. The highest BCUT2D eigenvalue weighted by Crippen LogP contribution is 2.29. The first-order valence-corrected chi connectivity index (χ1v) is 7.36. The molecule has 1 aliphatic rings. The molecule has 0 aromatic heterocycles. The second-order valence-corrected chi connectivity index (χ2v) is 5.42. The molecule has 110 valence electrons. The Morgan fingerprint density at radius 2 is 2.10 bits per heavy atom. The Morgan fingerprint density at radius 3 is 2.75 bits per heavy atom. The van der Waals surface area contributed by atoms with Crippen molar-refractivity contribution in [2.75, 3.05) is 26.1 Å². The van der Waals surface area contributed by atoms with Crippen LogP contribution in [0.15, 0.2) is 18.2 Å². The number of ether oxygens (including phenoxy) is 2. The minimum absolute atomic E-state index is 0.494. The quantitative estimate of drug-likeness (QED) is 0.865. The number of hydrogen-bond acceptors (Lipinski definition) is 3. The van der Waals surface area contributed by atoms with Crippen molar-refractivity contribution >= 4 is 23.0 Å². The summed E-state index contributed by atoms with van der Waals surface area (Å²) in [5.41, 5.74) is 0.871. The minimum Gasteiger partial charge on any atom is -0.497 e. The van der Waals surface area contributed by atoms with Crippen molar-refractivity contribution in [1.29, 1.82) is 0 Å². The zero-order valence-electron chi connectivity index (χ0n) is 12.3. The number of hydrogen-bond donors (Lipinski definition) is 1. The largest absolute Gasteiger partial charge is 0.497 e. The standard InChI is InChI=1S/C15H22N2O2S/c1-11-6-4-5-9-17(11)15(20)16-13-8-7-12(18-2)10-14(13)19-3/h7-8,10-11H,4-6,9H2,1-3H3,(H,16,20). The summed E-state index contributed by atoms with van der Waals surface area (Å²) in [5.74, 6) is 1.50. The van der Waals surface area contributed by atoms with E-state index in [9.17, 15) is 0 Å². The number of piperidine rings is 1. The monoisotopic (exact) mass is 294 g/mol. The molecule has 0 amide bonds. The van der Waals surface area contributed by atoms with Crippen LogP contribution in [-0.2, 0) is 0 Å². The summed E-state index contributed by atoms with van der Waals surface area (Å²) in [5, 5.41) is 4.05. The molecule has 1 atom stereocenters. The maximum Gasteiger partial charge on any atom is 0.173 e. The lowest BCUT2D eigenvalue weighted by atomic mass is 10.0. The lowest BCUT2D eigenvalue weighted by molar-refractivity contribution is 0.262. The molecule has 5 heteroatoms. The number of nitrogens with one attached hydrogen (secondary N) is 1. The molecule has 0 aliphatic carbocycles. The average molecular weight is 294 g/mol. The molecule has 0 spiro atoms. The zero-order valence-corrected chi connectivity index (χ0v) is 13.1. The van der Waals surface area contributed by atoms with Crippen LogP contribution in [0.4, 0.5) is 5.69 Å². The Morgan fingerprint density at radius 1 is 1.30 bits per heavy atom. The van der Waals surface area contributed by atoms with E-state index in [1.54, 1.807) is 14.2 Å². The summed E-state index contributed by atoms with van der Waals surface area (Å²) >= 11 is 5.53. The van der Waals surface area contributed by atoms with Crippen LogP contribution < -0.4 is 14.8 Å². The van der Waals surface area contributed by atoms with Crippen molar-refractivity contribution in [2.45, 2.75) is 32.2 Å². The van der Waals surface area contributed by atoms with E-state index in [1.807, 2.05) is 18.2 Å². The second kappa shape index (κ2) is 6.79. The van der Waals surface area contributed by atoms with Gasteiger partial charge >= 0.3 is 0 Å². The van der Waals surface area contributed by atoms with Gasteiger partial charge in [0.05, 0.1) is 19.9 Å². The highest BCUT2D eigenvalue weighted by atomic mass is 32.1. The van der Waals surface area contributed by atoms with Crippen molar-refractivity contribution < 1.29 is 9.47 Å². The van der Waals surface area contributed by atoms with E-state index >= 15 is 0 Å². The lowest BCUT2D eigenvalue weighted by Crippen LogP contribution is -2.44. The van der Waals surface area contributed by atoms with Gasteiger partial charge in [0, 0.05) is 18.7 Å². The van der Waals surface area contributed by atoms with E-state index < -0.39 is 0 Å². The van der Waals surface area contributed by atoms with Crippen molar-refractivity contribution in [1.82, 2.24) is 4.90 Å². The molecule has 4 nitrogen and oxygen atoms in total. The average Bonchev–Trinajstić information content (AvgIpc) is 2.48. The molecule has 1 heterocycles. The van der Waals surface area contributed by atoms with Gasteiger partial charge in [-0.15, -0.1) is 0 Å². The topological polar surface area (TPSA) is 33.7 Å². The van der Waals surface area contributed by atoms with Crippen LogP contribution in [0.2, 0.25) is 0 Å². The smallest absolute Gasteiger partial charge is 0.173 e. The van der Waals surface area contributed by atoms with Gasteiger partial charge in [0.1, 0.15) is 11.5 Å². The van der Waals surface area contributed by atoms with Gasteiger partial charge in [0.15, 0.2) is 5.11 Å². The van der Waals surface area contributed by atoms with Crippen molar-refractivity contribution in [3.8, 4) is 11.5 Å². The highest BCUT2D eigenvalue weighted by Gasteiger charge is 2.21. The number of anilines is 1. The van der Waals surface area contributed by atoms with Gasteiger partial charge in [-0.2, -0.15) is 0 Å². The fraction of sp³-hybridized carbons (Fsp3) is 0.533. The van der Waals surface area contributed by atoms with Crippen LogP contribution in [0.3, 0.4) is 0 Å². The Hall–Kier alpha value is -1.49. The molecule has 1 saturated heterocycles. The molecule has 1 N–H and O–H groups in total. The van der Waals surface area contributed by atoms with Crippen LogP contribution >= 0.6 is 12.2 Å².